The lowest BCUT2D eigenvalue weighted by Crippen LogP contribution is -2.42. The lowest BCUT2D eigenvalue weighted by Gasteiger charge is -2.36. The summed E-state index contributed by atoms with van der Waals surface area (Å²) in [5.41, 5.74) is 5.44. The number of nitrogens with two attached hydrogens (primary N) is 1. The molecule has 2 saturated heterocycles. The predicted molar refractivity (Wildman–Crippen MR) is 57.2 cm³/mol. The molecule has 0 aromatic carbocycles. The monoisotopic (exact) mass is 198 g/mol. The van der Waals surface area contributed by atoms with Gasteiger partial charge in [0, 0.05) is 18.7 Å². The van der Waals surface area contributed by atoms with Crippen LogP contribution in [-0.4, -0.2) is 43.3 Å². The van der Waals surface area contributed by atoms with Gasteiger partial charge in [-0.2, -0.15) is 0 Å². The highest BCUT2D eigenvalue weighted by Gasteiger charge is 2.38. The normalized spacial score (nSPS) is 37.7. The minimum Gasteiger partial charge on any atom is -0.378 e. The molecule has 2 bridgehead atoms. The van der Waals surface area contributed by atoms with Crippen molar-refractivity contribution in [2.45, 2.75) is 50.3 Å². The van der Waals surface area contributed by atoms with Gasteiger partial charge in [-0.1, -0.05) is 0 Å². The summed E-state index contributed by atoms with van der Waals surface area (Å²) in [6, 6.07) is 1.58. The van der Waals surface area contributed by atoms with Gasteiger partial charge in [0.25, 0.3) is 0 Å². The smallest absolute Gasteiger partial charge is 0.0605 e. The predicted octanol–water partition coefficient (Wildman–Crippen LogP) is 0.977. The fraction of sp³-hybridized carbons (Fsp3) is 1.00. The van der Waals surface area contributed by atoms with E-state index in [0.29, 0.717) is 6.10 Å². The van der Waals surface area contributed by atoms with Gasteiger partial charge < -0.3 is 15.4 Å². The molecule has 2 fully saturated rings. The van der Waals surface area contributed by atoms with Gasteiger partial charge in [0.05, 0.1) is 6.10 Å². The van der Waals surface area contributed by atoms with Crippen molar-refractivity contribution in [1.82, 2.24) is 4.90 Å². The van der Waals surface area contributed by atoms with E-state index in [1.807, 2.05) is 0 Å². The molecule has 2 aliphatic heterocycles. The highest BCUT2D eigenvalue weighted by Crippen LogP contribution is 2.35. The van der Waals surface area contributed by atoms with Gasteiger partial charge in [-0.15, -0.1) is 0 Å². The highest BCUT2D eigenvalue weighted by molar-refractivity contribution is 4.93. The van der Waals surface area contributed by atoms with E-state index < -0.39 is 0 Å². The Kier molecular flexibility index (Phi) is 3.42. The molecule has 3 heteroatoms. The summed E-state index contributed by atoms with van der Waals surface area (Å²) in [5.74, 6) is 0. The summed E-state index contributed by atoms with van der Waals surface area (Å²) >= 11 is 0. The third kappa shape index (κ3) is 2.10. The van der Waals surface area contributed by atoms with Gasteiger partial charge in [0.15, 0.2) is 0 Å². The van der Waals surface area contributed by atoms with Crippen molar-refractivity contribution in [2.75, 3.05) is 20.2 Å². The lowest BCUT2D eigenvalue weighted by molar-refractivity contribution is -0.0124. The van der Waals surface area contributed by atoms with Crippen LogP contribution in [0.3, 0.4) is 0 Å². The van der Waals surface area contributed by atoms with Crippen LogP contribution in [0.2, 0.25) is 0 Å². The minimum atomic E-state index is 0.509. The van der Waals surface area contributed by atoms with Gasteiger partial charge in [0.2, 0.25) is 0 Å². The summed E-state index contributed by atoms with van der Waals surface area (Å²) in [6.45, 7) is 1.60. The molecule has 14 heavy (non-hydrogen) atoms. The lowest BCUT2D eigenvalue weighted by atomic mass is 10.0. The third-order valence-electron chi connectivity index (χ3n) is 3.76. The molecule has 0 radical (unpaired) electrons. The van der Waals surface area contributed by atoms with Crippen molar-refractivity contribution in [3.8, 4) is 0 Å². The van der Waals surface area contributed by atoms with Crippen molar-refractivity contribution in [3.05, 3.63) is 0 Å². The first-order valence-corrected chi connectivity index (χ1v) is 5.85. The Morgan fingerprint density at radius 3 is 2.50 bits per heavy atom. The van der Waals surface area contributed by atoms with E-state index in [1.165, 1.54) is 25.7 Å². The Hall–Kier alpha value is -0.120. The number of fused-ring (bicyclic) bond motifs is 2. The van der Waals surface area contributed by atoms with Gasteiger partial charge in [0.1, 0.15) is 0 Å². The van der Waals surface area contributed by atoms with E-state index >= 15 is 0 Å². The fourth-order valence-corrected chi connectivity index (χ4v) is 2.83. The van der Waals surface area contributed by atoms with Crippen LogP contribution in [0.15, 0.2) is 0 Å². The first-order valence-electron chi connectivity index (χ1n) is 5.85. The maximum absolute atomic E-state index is 5.85. The summed E-state index contributed by atoms with van der Waals surface area (Å²) in [4.78, 5) is 2.54. The first-order chi connectivity index (χ1) is 6.81. The molecular weight excluding hydrogens is 176 g/mol. The molecule has 2 unspecified atom stereocenters. The minimum absolute atomic E-state index is 0.509. The van der Waals surface area contributed by atoms with E-state index in [9.17, 15) is 0 Å². The number of piperidine rings is 1. The molecule has 2 aliphatic rings. The van der Waals surface area contributed by atoms with Crippen LogP contribution in [0, 0.1) is 0 Å². The largest absolute Gasteiger partial charge is 0.378 e. The molecule has 0 aromatic rings. The first kappa shape index (κ1) is 10.4. The van der Waals surface area contributed by atoms with Gasteiger partial charge in [-0.25, -0.2) is 0 Å². The van der Waals surface area contributed by atoms with E-state index in [2.05, 4.69) is 11.9 Å². The second-order valence-corrected chi connectivity index (χ2v) is 4.66. The molecule has 0 spiro atoms. The van der Waals surface area contributed by atoms with E-state index in [0.717, 1.165) is 31.7 Å². The SMILES string of the molecule is CN1C2CCC1CC(OCCCN)C2. The number of hydrogen-bond acceptors (Lipinski definition) is 3. The molecule has 2 atom stereocenters. The number of rotatable bonds is 4. The Balaban J connectivity index is 1.76. The van der Waals surface area contributed by atoms with Crippen molar-refractivity contribution < 1.29 is 4.74 Å². The Labute approximate surface area is 86.6 Å². The van der Waals surface area contributed by atoms with Crippen LogP contribution in [0.5, 0.6) is 0 Å². The summed E-state index contributed by atoms with van der Waals surface area (Å²) in [6.07, 6.45) is 6.72. The van der Waals surface area contributed by atoms with Crippen LogP contribution in [0.1, 0.15) is 32.1 Å². The van der Waals surface area contributed by atoms with Crippen LogP contribution in [0.4, 0.5) is 0 Å². The Bertz CT molecular complexity index is 172. The van der Waals surface area contributed by atoms with Gasteiger partial charge in [-0.3, -0.25) is 0 Å². The topological polar surface area (TPSA) is 38.5 Å². The standard InChI is InChI=1S/C11H22N2O/c1-13-9-3-4-10(13)8-11(7-9)14-6-2-5-12/h9-11H,2-8,12H2,1H3. The number of nitrogens with zero attached hydrogens (tertiary/aromatic N) is 1. The number of hydrogen-bond donors (Lipinski definition) is 1. The second-order valence-electron chi connectivity index (χ2n) is 4.66. The molecular formula is C11H22N2O. The molecule has 0 saturated carbocycles. The average Bonchev–Trinajstić information content (AvgIpc) is 2.41. The van der Waals surface area contributed by atoms with E-state index in [1.54, 1.807) is 0 Å². The summed E-state index contributed by atoms with van der Waals surface area (Å²) in [7, 11) is 2.26. The summed E-state index contributed by atoms with van der Waals surface area (Å²) < 4.78 is 5.85. The Morgan fingerprint density at radius 1 is 1.29 bits per heavy atom. The van der Waals surface area contributed by atoms with Gasteiger partial charge in [-0.05, 0) is 45.7 Å². The van der Waals surface area contributed by atoms with Crippen molar-refractivity contribution in [3.63, 3.8) is 0 Å². The number of ether oxygens (including phenoxy) is 1. The van der Waals surface area contributed by atoms with Crippen molar-refractivity contribution in [2.24, 2.45) is 5.73 Å². The third-order valence-corrected chi connectivity index (χ3v) is 3.76. The van der Waals surface area contributed by atoms with Crippen LogP contribution < -0.4 is 5.73 Å². The molecule has 3 nitrogen and oxygen atoms in total. The molecule has 2 heterocycles. The van der Waals surface area contributed by atoms with E-state index in [-0.39, 0.29) is 0 Å². The molecule has 0 aromatic heterocycles. The van der Waals surface area contributed by atoms with Crippen molar-refractivity contribution in [1.29, 1.82) is 0 Å². The van der Waals surface area contributed by atoms with Crippen LogP contribution >= 0.6 is 0 Å². The molecule has 2 rings (SSSR count). The maximum atomic E-state index is 5.85. The Morgan fingerprint density at radius 2 is 1.93 bits per heavy atom. The quantitative estimate of drug-likeness (QED) is 0.684. The van der Waals surface area contributed by atoms with Crippen LogP contribution in [0.25, 0.3) is 0 Å². The second kappa shape index (κ2) is 4.60. The van der Waals surface area contributed by atoms with E-state index in [4.69, 9.17) is 10.5 Å². The molecule has 0 aliphatic carbocycles. The maximum Gasteiger partial charge on any atom is 0.0605 e. The molecule has 0 amide bonds. The summed E-state index contributed by atoms with van der Waals surface area (Å²) in [5, 5.41) is 0. The zero-order valence-electron chi connectivity index (χ0n) is 9.11. The van der Waals surface area contributed by atoms with Gasteiger partial charge >= 0.3 is 0 Å². The van der Waals surface area contributed by atoms with Crippen LogP contribution in [-0.2, 0) is 4.74 Å². The zero-order valence-corrected chi connectivity index (χ0v) is 9.11. The zero-order chi connectivity index (χ0) is 9.97. The fourth-order valence-electron chi connectivity index (χ4n) is 2.83. The molecule has 2 N–H and O–H groups in total. The molecule has 82 valence electrons. The highest BCUT2D eigenvalue weighted by atomic mass is 16.5. The average molecular weight is 198 g/mol. The van der Waals surface area contributed by atoms with Crippen molar-refractivity contribution >= 4 is 0 Å².